The fourth-order valence-electron chi connectivity index (χ4n) is 4.31. The average molecular weight is 399 g/mol. The third-order valence-corrected chi connectivity index (χ3v) is 5.86. The van der Waals surface area contributed by atoms with Gasteiger partial charge in [-0.25, -0.2) is 4.39 Å². The minimum atomic E-state index is -0.282. The zero-order chi connectivity index (χ0) is 20.4. The van der Waals surface area contributed by atoms with Gasteiger partial charge in [0.2, 0.25) is 0 Å². The first-order valence-electron chi connectivity index (χ1n) is 10.1. The Morgan fingerprint density at radius 2 is 1.97 bits per heavy atom. The van der Waals surface area contributed by atoms with Crippen LogP contribution in [0.25, 0.3) is 0 Å². The number of carbonyl (C=O) groups is 2. The number of halogens is 1. The minimum absolute atomic E-state index is 0.0741. The van der Waals surface area contributed by atoms with Gasteiger partial charge in [-0.15, -0.1) is 0 Å². The van der Waals surface area contributed by atoms with Crippen LogP contribution in [0.3, 0.4) is 0 Å². The van der Waals surface area contributed by atoms with E-state index in [0.29, 0.717) is 37.4 Å². The molecule has 0 radical (unpaired) electrons. The van der Waals surface area contributed by atoms with Crippen molar-refractivity contribution in [2.45, 2.75) is 32.2 Å². The van der Waals surface area contributed by atoms with Gasteiger partial charge in [0.05, 0.1) is 19.3 Å². The van der Waals surface area contributed by atoms with Gasteiger partial charge in [0.25, 0.3) is 5.91 Å². The molecule has 2 aromatic rings. The summed E-state index contributed by atoms with van der Waals surface area (Å²) < 4.78 is 18.8. The number of fused-ring (bicyclic) bond motifs is 1. The predicted octanol–water partition coefficient (Wildman–Crippen LogP) is 2.78. The molecule has 1 atom stereocenters. The van der Waals surface area contributed by atoms with Crippen LogP contribution in [0.5, 0.6) is 0 Å². The fourth-order valence-corrected chi connectivity index (χ4v) is 4.31. The number of aryl methyl sites for hydroxylation is 1. The van der Waals surface area contributed by atoms with Gasteiger partial charge in [-0.05, 0) is 43.0 Å². The molecule has 6 nitrogen and oxygen atoms in total. The van der Waals surface area contributed by atoms with Crippen LogP contribution >= 0.6 is 0 Å². The van der Waals surface area contributed by atoms with E-state index in [0.717, 1.165) is 42.8 Å². The van der Waals surface area contributed by atoms with Crippen molar-refractivity contribution >= 4 is 11.7 Å². The molecule has 2 aliphatic rings. The number of amides is 1. The molecular formula is C22H26FN3O3. The summed E-state index contributed by atoms with van der Waals surface area (Å²) in [5.74, 6) is -0.391. The van der Waals surface area contributed by atoms with Crippen LogP contribution in [0.15, 0.2) is 24.3 Å². The van der Waals surface area contributed by atoms with Gasteiger partial charge in [-0.3, -0.25) is 14.5 Å². The highest BCUT2D eigenvalue weighted by Gasteiger charge is 2.28. The number of morpholine rings is 1. The van der Waals surface area contributed by atoms with Crippen molar-refractivity contribution in [3.05, 3.63) is 58.2 Å². The molecule has 29 heavy (non-hydrogen) atoms. The molecule has 7 heteroatoms. The zero-order valence-corrected chi connectivity index (χ0v) is 16.6. The van der Waals surface area contributed by atoms with Crippen molar-refractivity contribution < 1.29 is 18.7 Å². The molecule has 0 spiro atoms. The van der Waals surface area contributed by atoms with Crippen molar-refractivity contribution in [3.8, 4) is 0 Å². The van der Waals surface area contributed by atoms with Gasteiger partial charge in [-0.1, -0.05) is 12.1 Å². The summed E-state index contributed by atoms with van der Waals surface area (Å²) in [6.45, 7) is 4.99. The summed E-state index contributed by atoms with van der Waals surface area (Å²) in [6.07, 6.45) is 2.15. The molecule has 0 saturated carbocycles. The summed E-state index contributed by atoms with van der Waals surface area (Å²) in [5.41, 5.74) is 3.69. The second-order valence-corrected chi connectivity index (χ2v) is 7.68. The van der Waals surface area contributed by atoms with E-state index in [1.165, 1.54) is 12.1 Å². The third kappa shape index (κ3) is 4.11. The number of aromatic amines is 1. The maximum absolute atomic E-state index is 13.4. The van der Waals surface area contributed by atoms with Crippen LogP contribution in [0.4, 0.5) is 4.39 Å². The standard InChI is InChI=1S/C22H26FN3O3/c1-14-20-17(3-2-4-19(20)27)25-21(14)22(28)24-13-18(26-9-11-29-12-10-26)15-5-7-16(23)8-6-15/h5-8,18,25H,2-4,9-13H2,1H3,(H,24,28)/t18-/m0/s1. The monoisotopic (exact) mass is 399 g/mol. The number of Topliss-reactive ketones (excluding diaryl/α,β-unsaturated/α-hetero) is 1. The summed E-state index contributed by atoms with van der Waals surface area (Å²) in [5, 5.41) is 3.02. The minimum Gasteiger partial charge on any atom is -0.379 e. The molecule has 1 saturated heterocycles. The molecule has 1 fully saturated rings. The smallest absolute Gasteiger partial charge is 0.268 e. The highest BCUT2D eigenvalue weighted by atomic mass is 19.1. The Kier molecular flexibility index (Phi) is 5.78. The van der Waals surface area contributed by atoms with E-state index in [1.54, 1.807) is 12.1 Å². The van der Waals surface area contributed by atoms with E-state index in [9.17, 15) is 14.0 Å². The number of nitrogens with one attached hydrogen (secondary N) is 2. The van der Waals surface area contributed by atoms with E-state index in [-0.39, 0.29) is 23.5 Å². The van der Waals surface area contributed by atoms with E-state index in [4.69, 9.17) is 4.74 Å². The van der Waals surface area contributed by atoms with E-state index in [2.05, 4.69) is 15.2 Å². The highest BCUT2D eigenvalue weighted by Crippen LogP contribution is 2.27. The van der Waals surface area contributed by atoms with Gasteiger partial charge in [0.1, 0.15) is 11.5 Å². The Labute approximate surface area is 169 Å². The topological polar surface area (TPSA) is 74.4 Å². The van der Waals surface area contributed by atoms with Crippen LogP contribution < -0.4 is 5.32 Å². The van der Waals surface area contributed by atoms with Gasteiger partial charge >= 0.3 is 0 Å². The Bertz CT molecular complexity index is 901. The van der Waals surface area contributed by atoms with Crippen LogP contribution in [0, 0.1) is 12.7 Å². The first-order chi connectivity index (χ1) is 14.0. The number of ketones is 1. The Balaban J connectivity index is 1.52. The molecule has 4 rings (SSSR count). The largest absolute Gasteiger partial charge is 0.379 e. The van der Waals surface area contributed by atoms with Gasteiger partial charge in [-0.2, -0.15) is 0 Å². The summed E-state index contributed by atoms with van der Waals surface area (Å²) in [7, 11) is 0. The average Bonchev–Trinajstić information content (AvgIpc) is 3.08. The highest BCUT2D eigenvalue weighted by molar-refractivity contribution is 6.04. The van der Waals surface area contributed by atoms with Gasteiger partial charge in [0, 0.05) is 37.3 Å². The molecule has 1 aromatic heterocycles. The van der Waals surface area contributed by atoms with E-state index < -0.39 is 0 Å². The first-order valence-corrected chi connectivity index (χ1v) is 10.1. The molecule has 1 aliphatic heterocycles. The van der Waals surface area contributed by atoms with Gasteiger partial charge in [0.15, 0.2) is 5.78 Å². The quantitative estimate of drug-likeness (QED) is 0.811. The van der Waals surface area contributed by atoms with Crippen molar-refractivity contribution in [1.82, 2.24) is 15.2 Å². The molecule has 1 amide bonds. The van der Waals surface area contributed by atoms with Crippen molar-refractivity contribution in [2.75, 3.05) is 32.8 Å². The SMILES string of the molecule is Cc1c(C(=O)NC[C@@H](c2ccc(F)cc2)N2CCOCC2)[nH]c2c1C(=O)CCC2. The van der Waals surface area contributed by atoms with Crippen LogP contribution in [0.2, 0.25) is 0 Å². The van der Waals surface area contributed by atoms with Crippen LogP contribution in [-0.4, -0.2) is 54.4 Å². The number of rotatable bonds is 5. The first kappa shape index (κ1) is 19.8. The second kappa shape index (κ2) is 8.47. The number of aromatic nitrogens is 1. The molecule has 1 aliphatic carbocycles. The number of hydrogen-bond donors (Lipinski definition) is 2. The fraction of sp³-hybridized carbons (Fsp3) is 0.455. The summed E-state index contributed by atoms with van der Waals surface area (Å²) >= 11 is 0. The normalized spacial score (nSPS) is 18.3. The van der Waals surface area contributed by atoms with Crippen molar-refractivity contribution in [2.24, 2.45) is 0 Å². The summed E-state index contributed by atoms with van der Waals surface area (Å²) in [4.78, 5) is 30.5. The van der Waals surface area contributed by atoms with Gasteiger partial charge < -0.3 is 15.0 Å². The predicted molar refractivity (Wildman–Crippen MR) is 107 cm³/mol. The number of carbonyl (C=O) groups excluding carboxylic acids is 2. The lowest BCUT2D eigenvalue weighted by atomic mass is 9.94. The maximum Gasteiger partial charge on any atom is 0.268 e. The molecule has 2 N–H and O–H groups in total. The zero-order valence-electron chi connectivity index (χ0n) is 16.6. The second-order valence-electron chi connectivity index (χ2n) is 7.68. The van der Waals surface area contributed by atoms with E-state index >= 15 is 0 Å². The van der Waals surface area contributed by atoms with Crippen LogP contribution in [0.1, 0.15) is 56.6 Å². The lowest BCUT2D eigenvalue weighted by Crippen LogP contribution is -2.44. The Morgan fingerprint density at radius 1 is 1.24 bits per heavy atom. The third-order valence-electron chi connectivity index (χ3n) is 5.86. The molecule has 0 bridgehead atoms. The van der Waals surface area contributed by atoms with E-state index in [1.807, 2.05) is 6.92 Å². The van der Waals surface area contributed by atoms with Crippen molar-refractivity contribution in [3.63, 3.8) is 0 Å². The maximum atomic E-state index is 13.4. The lowest BCUT2D eigenvalue weighted by Gasteiger charge is -2.35. The molecular weight excluding hydrogens is 373 g/mol. The molecule has 0 unspecified atom stereocenters. The number of H-pyrrole nitrogens is 1. The molecule has 2 heterocycles. The molecule has 154 valence electrons. The lowest BCUT2D eigenvalue weighted by molar-refractivity contribution is 0.0162. The number of benzene rings is 1. The number of hydrogen-bond acceptors (Lipinski definition) is 4. The Morgan fingerprint density at radius 3 is 2.66 bits per heavy atom. The number of ether oxygens (including phenoxy) is 1. The van der Waals surface area contributed by atoms with Crippen molar-refractivity contribution in [1.29, 1.82) is 0 Å². The molecule has 1 aromatic carbocycles. The van der Waals surface area contributed by atoms with Crippen LogP contribution in [-0.2, 0) is 11.2 Å². The number of nitrogens with zero attached hydrogens (tertiary/aromatic N) is 1. The Hall–Kier alpha value is -2.51. The summed E-state index contributed by atoms with van der Waals surface area (Å²) in [6, 6.07) is 6.34.